The predicted molar refractivity (Wildman–Crippen MR) is 76.2 cm³/mol. The van der Waals surface area contributed by atoms with Crippen molar-refractivity contribution >= 4 is 43.5 Å². The maximum atomic E-state index is 11.9. The van der Waals surface area contributed by atoms with Gasteiger partial charge in [0, 0.05) is 20.2 Å². The number of nitrogens with one attached hydrogen (secondary N) is 1. The molecule has 2 aromatic carbocycles. The lowest BCUT2D eigenvalue weighted by Crippen LogP contribution is -2.11. The van der Waals surface area contributed by atoms with E-state index in [1.807, 2.05) is 36.4 Å². The summed E-state index contributed by atoms with van der Waals surface area (Å²) in [6, 6.07) is 14.7. The average molecular weight is 355 g/mol. The van der Waals surface area contributed by atoms with E-state index in [4.69, 9.17) is 0 Å². The van der Waals surface area contributed by atoms with Crippen LogP contribution >= 0.6 is 31.9 Å². The van der Waals surface area contributed by atoms with Crippen molar-refractivity contribution in [2.75, 3.05) is 5.32 Å². The maximum Gasteiger partial charge on any atom is 0.255 e. The fourth-order valence-corrected chi connectivity index (χ4v) is 1.87. The first kappa shape index (κ1) is 12.3. The van der Waals surface area contributed by atoms with E-state index in [0.29, 0.717) is 5.56 Å². The molecule has 0 radical (unpaired) electrons. The van der Waals surface area contributed by atoms with Gasteiger partial charge in [-0.3, -0.25) is 4.79 Å². The Morgan fingerprint density at radius 1 is 0.824 bits per heavy atom. The van der Waals surface area contributed by atoms with Gasteiger partial charge in [-0.25, -0.2) is 0 Å². The van der Waals surface area contributed by atoms with Crippen LogP contribution in [0.5, 0.6) is 0 Å². The summed E-state index contributed by atoms with van der Waals surface area (Å²) in [7, 11) is 0. The number of rotatable bonds is 2. The number of halogens is 2. The standard InChI is InChI=1S/C13H9Br2NO/c14-10-3-1-9(2-4-10)13(17)16-12-7-5-11(15)6-8-12/h1-8H,(H,16,17). The molecule has 2 rings (SSSR count). The van der Waals surface area contributed by atoms with Crippen molar-refractivity contribution in [3.05, 3.63) is 63.0 Å². The Labute approximate surface area is 116 Å². The summed E-state index contributed by atoms with van der Waals surface area (Å²) >= 11 is 6.68. The topological polar surface area (TPSA) is 29.1 Å². The van der Waals surface area contributed by atoms with Gasteiger partial charge in [-0.1, -0.05) is 31.9 Å². The molecular weight excluding hydrogens is 346 g/mol. The minimum atomic E-state index is -0.111. The van der Waals surface area contributed by atoms with Crippen molar-refractivity contribution in [2.45, 2.75) is 0 Å². The quantitative estimate of drug-likeness (QED) is 0.847. The third kappa shape index (κ3) is 3.41. The van der Waals surface area contributed by atoms with Crippen LogP contribution in [0.3, 0.4) is 0 Å². The Balaban J connectivity index is 2.11. The Bertz CT molecular complexity index is 520. The van der Waals surface area contributed by atoms with Crippen molar-refractivity contribution in [1.29, 1.82) is 0 Å². The summed E-state index contributed by atoms with van der Waals surface area (Å²) in [5, 5.41) is 2.83. The van der Waals surface area contributed by atoms with E-state index in [2.05, 4.69) is 37.2 Å². The highest BCUT2D eigenvalue weighted by Crippen LogP contribution is 2.16. The van der Waals surface area contributed by atoms with Crippen molar-refractivity contribution in [1.82, 2.24) is 0 Å². The molecule has 0 atom stereocenters. The van der Waals surface area contributed by atoms with E-state index in [0.717, 1.165) is 14.6 Å². The second-order valence-electron chi connectivity index (χ2n) is 3.47. The van der Waals surface area contributed by atoms with Gasteiger partial charge in [0.1, 0.15) is 0 Å². The number of hydrogen-bond donors (Lipinski definition) is 1. The first-order valence-corrected chi connectivity index (χ1v) is 6.56. The summed E-state index contributed by atoms with van der Waals surface area (Å²) in [6.07, 6.45) is 0. The van der Waals surface area contributed by atoms with E-state index in [-0.39, 0.29) is 5.91 Å². The van der Waals surface area contributed by atoms with E-state index in [1.165, 1.54) is 0 Å². The third-order valence-electron chi connectivity index (χ3n) is 2.21. The van der Waals surface area contributed by atoms with Crippen LogP contribution in [0.1, 0.15) is 10.4 Å². The number of benzene rings is 2. The molecule has 0 aliphatic rings. The smallest absolute Gasteiger partial charge is 0.255 e. The molecular formula is C13H9Br2NO. The fraction of sp³-hybridized carbons (Fsp3) is 0. The molecule has 86 valence electrons. The molecule has 0 spiro atoms. The zero-order valence-corrected chi connectivity index (χ0v) is 12.0. The van der Waals surface area contributed by atoms with Crippen molar-refractivity contribution in [3.63, 3.8) is 0 Å². The minimum Gasteiger partial charge on any atom is -0.322 e. The number of hydrogen-bond acceptors (Lipinski definition) is 1. The number of carbonyl (C=O) groups excluding carboxylic acids is 1. The van der Waals surface area contributed by atoms with E-state index in [1.54, 1.807) is 12.1 Å². The van der Waals surface area contributed by atoms with Crippen LogP contribution < -0.4 is 5.32 Å². The van der Waals surface area contributed by atoms with Crippen molar-refractivity contribution in [2.24, 2.45) is 0 Å². The van der Waals surface area contributed by atoms with Gasteiger partial charge >= 0.3 is 0 Å². The van der Waals surface area contributed by atoms with E-state index >= 15 is 0 Å². The largest absolute Gasteiger partial charge is 0.322 e. The van der Waals surface area contributed by atoms with Gasteiger partial charge in [0.2, 0.25) is 0 Å². The van der Waals surface area contributed by atoms with Crippen LogP contribution in [-0.4, -0.2) is 5.91 Å². The molecule has 2 aromatic rings. The molecule has 0 bridgehead atoms. The summed E-state index contributed by atoms with van der Waals surface area (Å²) in [5.74, 6) is -0.111. The normalized spacial score (nSPS) is 10.0. The molecule has 1 amide bonds. The summed E-state index contributed by atoms with van der Waals surface area (Å²) in [4.78, 5) is 11.9. The van der Waals surface area contributed by atoms with Gasteiger partial charge < -0.3 is 5.32 Å². The molecule has 4 heteroatoms. The van der Waals surface area contributed by atoms with E-state index < -0.39 is 0 Å². The number of amides is 1. The molecule has 0 heterocycles. The third-order valence-corrected chi connectivity index (χ3v) is 3.27. The number of carbonyl (C=O) groups is 1. The highest BCUT2D eigenvalue weighted by molar-refractivity contribution is 9.10. The summed E-state index contributed by atoms with van der Waals surface area (Å²) < 4.78 is 1.94. The molecule has 1 N–H and O–H groups in total. The van der Waals surface area contributed by atoms with Crippen molar-refractivity contribution in [3.8, 4) is 0 Å². The van der Waals surface area contributed by atoms with Crippen LogP contribution in [0.15, 0.2) is 57.5 Å². The predicted octanol–water partition coefficient (Wildman–Crippen LogP) is 4.46. The van der Waals surface area contributed by atoms with E-state index in [9.17, 15) is 4.79 Å². The molecule has 17 heavy (non-hydrogen) atoms. The van der Waals surface area contributed by atoms with Gasteiger partial charge in [-0.05, 0) is 48.5 Å². The van der Waals surface area contributed by atoms with Crippen LogP contribution in [0.4, 0.5) is 5.69 Å². The Morgan fingerprint density at radius 3 is 1.82 bits per heavy atom. The molecule has 0 saturated carbocycles. The summed E-state index contributed by atoms with van der Waals surface area (Å²) in [5.41, 5.74) is 1.41. The minimum absolute atomic E-state index is 0.111. The van der Waals surface area contributed by atoms with Gasteiger partial charge in [0.25, 0.3) is 5.91 Å². The summed E-state index contributed by atoms with van der Waals surface area (Å²) in [6.45, 7) is 0. The molecule has 2 nitrogen and oxygen atoms in total. The molecule has 0 aliphatic heterocycles. The van der Waals surface area contributed by atoms with Gasteiger partial charge in [0.05, 0.1) is 0 Å². The zero-order valence-electron chi connectivity index (χ0n) is 8.78. The van der Waals surface area contributed by atoms with Gasteiger partial charge in [-0.15, -0.1) is 0 Å². The molecule has 0 aromatic heterocycles. The first-order valence-electron chi connectivity index (χ1n) is 4.97. The highest BCUT2D eigenvalue weighted by Gasteiger charge is 2.05. The van der Waals surface area contributed by atoms with Gasteiger partial charge in [-0.2, -0.15) is 0 Å². The molecule has 0 aliphatic carbocycles. The second kappa shape index (κ2) is 5.47. The van der Waals surface area contributed by atoms with Crippen LogP contribution in [0, 0.1) is 0 Å². The molecule has 0 fully saturated rings. The SMILES string of the molecule is O=C(Nc1ccc(Br)cc1)c1ccc(Br)cc1. The second-order valence-corrected chi connectivity index (χ2v) is 5.30. The number of anilines is 1. The van der Waals surface area contributed by atoms with Crippen LogP contribution in [-0.2, 0) is 0 Å². The first-order chi connectivity index (χ1) is 8.15. The monoisotopic (exact) mass is 353 g/mol. The Hall–Kier alpha value is -1.13. The lowest BCUT2D eigenvalue weighted by Gasteiger charge is -2.05. The lowest BCUT2D eigenvalue weighted by molar-refractivity contribution is 0.102. The van der Waals surface area contributed by atoms with Crippen molar-refractivity contribution < 1.29 is 4.79 Å². The Kier molecular flexibility index (Phi) is 3.97. The highest BCUT2D eigenvalue weighted by atomic mass is 79.9. The maximum absolute atomic E-state index is 11.9. The Morgan fingerprint density at radius 2 is 1.29 bits per heavy atom. The average Bonchev–Trinajstić information content (AvgIpc) is 2.33. The van der Waals surface area contributed by atoms with Crippen LogP contribution in [0.25, 0.3) is 0 Å². The lowest BCUT2D eigenvalue weighted by atomic mass is 10.2. The molecule has 0 saturated heterocycles. The zero-order chi connectivity index (χ0) is 12.3. The van der Waals surface area contributed by atoms with Gasteiger partial charge in [0.15, 0.2) is 0 Å². The molecule has 0 unspecified atom stereocenters. The van der Waals surface area contributed by atoms with Crippen LogP contribution in [0.2, 0.25) is 0 Å². The fourth-order valence-electron chi connectivity index (χ4n) is 1.34.